The maximum absolute atomic E-state index is 9.52. The highest BCUT2D eigenvalue weighted by atomic mass is 16.5. The van der Waals surface area contributed by atoms with Crippen molar-refractivity contribution in [3.8, 4) is 6.07 Å². The van der Waals surface area contributed by atoms with Crippen LogP contribution in [0.5, 0.6) is 0 Å². The fourth-order valence-corrected chi connectivity index (χ4v) is 5.23. The molecule has 2 heteroatoms. The van der Waals surface area contributed by atoms with Gasteiger partial charge in [0.25, 0.3) is 0 Å². The van der Waals surface area contributed by atoms with Gasteiger partial charge < -0.3 is 4.74 Å². The Morgan fingerprint density at radius 1 is 1.29 bits per heavy atom. The minimum absolute atomic E-state index is 0.0261. The molecule has 0 aromatic carbocycles. The van der Waals surface area contributed by atoms with Crippen LogP contribution in [0.15, 0.2) is 12.8 Å². The number of nitriles is 1. The summed E-state index contributed by atoms with van der Waals surface area (Å²) in [6.07, 6.45) is 10.2. The van der Waals surface area contributed by atoms with Gasteiger partial charge in [0, 0.05) is 0 Å². The topological polar surface area (TPSA) is 33.0 Å². The van der Waals surface area contributed by atoms with E-state index in [0.29, 0.717) is 5.41 Å². The molecule has 4 saturated carbocycles. The Morgan fingerprint density at radius 3 is 2.59 bits per heavy atom. The summed E-state index contributed by atoms with van der Waals surface area (Å²) in [6, 6.07) is 2.66. The molecular weight excluding hydrogens is 210 g/mol. The molecule has 0 spiro atoms. The van der Waals surface area contributed by atoms with Crippen LogP contribution >= 0.6 is 0 Å². The Kier molecular flexibility index (Phi) is 2.47. The number of rotatable bonds is 4. The predicted octanol–water partition coefficient (Wildman–Crippen LogP) is 3.65. The highest BCUT2D eigenvalue weighted by molar-refractivity contribution is 5.15. The second-order valence-electron chi connectivity index (χ2n) is 6.64. The van der Waals surface area contributed by atoms with Crippen molar-refractivity contribution < 1.29 is 4.74 Å². The third kappa shape index (κ3) is 1.76. The third-order valence-electron chi connectivity index (χ3n) is 5.29. The molecule has 4 aliphatic rings. The van der Waals surface area contributed by atoms with Crippen LogP contribution in [0.3, 0.4) is 0 Å². The number of ether oxygens (including phenoxy) is 1. The first kappa shape index (κ1) is 11.1. The highest BCUT2D eigenvalue weighted by Crippen LogP contribution is 2.66. The van der Waals surface area contributed by atoms with Gasteiger partial charge >= 0.3 is 0 Å². The molecular formula is C15H21NO. The minimum Gasteiger partial charge on any atom is -0.502 e. The summed E-state index contributed by atoms with van der Waals surface area (Å²) in [5.41, 5.74) is 0.446. The zero-order valence-corrected chi connectivity index (χ0v) is 10.5. The lowest BCUT2D eigenvalue weighted by Crippen LogP contribution is -2.51. The fraction of sp³-hybridized carbons (Fsp3) is 0.800. The maximum atomic E-state index is 9.52. The van der Waals surface area contributed by atoms with Crippen LogP contribution < -0.4 is 0 Å². The summed E-state index contributed by atoms with van der Waals surface area (Å²) < 4.78 is 5.32. The van der Waals surface area contributed by atoms with Crippen LogP contribution in [0.4, 0.5) is 0 Å². The average Bonchev–Trinajstić information content (AvgIpc) is 2.27. The molecule has 4 aliphatic carbocycles. The van der Waals surface area contributed by atoms with Crippen LogP contribution in [-0.2, 0) is 4.74 Å². The lowest BCUT2D eigenvalue weighted by Gasteiger charge is -2.60. The zero-order chi connectivity index (χ0) is 11.9. The van der Waals surface area contributed by atoms with E-state index in [2.05, 4.69) is 12.6 Å². The van der Waals surface area contributed by atoms with Gasteiger partial charge in [-0.15, -0.1) is 0 Å². The monoisotopic (exact) mass is 231 g/mol. The van der Waals surface area contributed by atoms with Crippen LogP contribution in [-0.4, -0.2) is 6.61 Å². The normalized spacial score (nSPS) is 46.5. The van der Waals surface area contributed by atoms with E-state index < -0.39 is 0 Å². The van der Waals surface area contributed by atoms with Crippen molar-refractivity contribution in [1.82, 2.24) is 0 Å². The second kappa shape index (κ2) is 3.77. The minimum atomic E-state index is 0.0261. The molecule has 0 aromatic rings. The Balaban J connectivity index is 1.78. The van der Waals surface area contributed by atoms with E-state index in [0.717, 1.165) is 31.3 Å². The zero-order valence-electron chi connectivity index (χ0n) is 10.5. The highest BCUT2D eigenvalue weighted by Gasteiger charge is 2.57. The lowest BCUT2D eigenvalue weighted by atomic mass is 9.44. The van der Waals surface area contributed by atoms with Gasteiger partial charge in [0.2, 0.25) is 0 Å². The largest absolute Gasteiger partial charge is 0.502 e. The fourth-order valence-electron chi connectivity index (χ4n) is 5.23. The van der Waals surface area contributed by atoms with Crippen LogP contribution in [0.1, 0.15) is 44.9 Å². The van der Waals surface area contributed by atoms with E-state index in [-0.39, 0.29) is 5.41 Å². The standard InChI is InChI=1S/C15H21NO/c1-2-17-4-3-14-6-12-5-13(7-14)9-15(8-12,10-14)11-16/h2,12-13H,1,3-10H2. The average molecular weight is 231 g/mol. The van der Waals surface area contributed by atoms with Gasteiger partial charge in [-0.3, -0.25) is 0 Å². The first-order chi connectivity index (χ1) is 8.19. The maximum Gasteiger partial charge on any atom is 0.0878 e. The van der Waals surface area contributed by atoms with Crippen LogP contribution in [0.25, 0.3) is 0 Å². The van der Waals surface area contributed by atoms with Crippen LogP contribution in [0, 0.1) is 34.0 Å². The molecule has 0 aromatic heterocycles. The first-order valence-electron chi connectivity index (χ1n) is 6.83. The molecule has 0 heterocycles. The van der Waals surface area contributed by atoms with E-state index in [1.165, 1.54) is 32.1 Å². The van der Waals surface area contributed by atoms with Crippen molar-refractivity contribution in [1.29, 1.82) is 5.26 Å². The molecule has 4 rings (SSSR count). The van der Waals surface area contributed by atoms with Gasteiger partial charge in [-0.1, -0.05) is 6.58 Å². The van der Waals surface area contributed by atoms with Crippen molar-refractivity contribution in [2.45, 2.75) is 44.9 Å². The quantitative estimate of drug-likeness (QED) is 0.546. The molecule has 2 atom stereocenters. The van der Waals surface area contributed by atoms with E-state index in [1.807, 2.05) is 0 Å². The number of nitrogens with zero attached hydrogens (tertiary/aromatic N) is 1. The van der Waals surface area contributed by atoms with Gasteiger partial charge in [0.1, 0.15) is 0 Å². The summed E-state index contributed by atoms with van der Waals surface area (Å²) in [6.45, 7) is 4.38. The van der Waals surface area contributed by atoms with Crippen molar-refractivity contribution in [3.63, 3.8) is 0 Å². The van der Waals surface area contributed by atoms with E-state index in [4.69, 9.17) is 4.74 Å². The molecule has 4 bridgehead atoms. The SMILES string of the molecule is C=COCCC12CC3CC(CC(C#N)(C3)C1)C2. The molecule has 2 nitrogen and oxygen atoms in total. The Labute approximate surface area is 104 Å². The van der Waals surface area contributed by atoms with Crippen molar-refractivity contribution in [2.75, 3.05) is 6.61 Å². The lowest BCUT2D eigenvalue weighted by molar-refractivity contribution is -0.0933. The molecule has 17 heavy (non-hydrogen) atoms. The van der Waals surface area contributed by atoms with Crippen molar-refractivity contribution in [3.05, 3.63) is 12.8 Å². The third-order valence-corrected chi connectivity index (χ3v) is 5.29. The number of hydrogen-bond donors (Lipinski definition) is 0. The molecule has 0 N–H and O–H groups in total. The Bertz CT molecular complexity index is 354. The van der Waals surface area contributed by atoms with Gasteiger partial charge in [0.05, 0.1) is 24.4 Å². The van der Waals surface area contributed by atoms with Gasteiger partial charge in [-0.05, 0) is 62.2 Å². The summed E-state index contributed by atoms with van der Waals surface area (Å²) >= 11 is 0. The second-order valence-corrected chi connectivity index (χ2v) is 6.64. The van der Waals surface area contributed by atoms with Crippen LogP contribution in [0.2, 0.25) is 0 Å². The predicted molar refractivity (Wildman–Crippen MR) is 65.9 cm³/mol. The van der Waals surface area contributed by atoms with Crippen molar-refractivity contribution >= 4 is 0 Å². The summed E-state index contributed by atoms with van der Waals surface area (Å²) in [4.78, 5) is 0. The summed E-state index contributed by atoms with van der Waals surface area (Å²) in [5, 5.41) is 9.52. The molecule has 0 radical (unpaired) electrons. The molecule has 0 saturated heterocycles. The Morgan fingerprint density at radius 2 is 2.00 bits per heavy atom. The first-order valence-corrected chi connectivity index (χ1v) is 6.83. The van der Waals surface area contributed by atoms with Gasteiger partial charge in [-0.25, -0.2) is 0 Å². The molecule has 0 amide bonds. The van der Waals surface area contributed by atoms with E-state index in [9.17, 15) is 5.26 Å². The molecule has 92 valence electrons. The van der Waals surface area contributed by atoms with Gasteiger partial charge in [-0.2, -0.15) is 5.26 Å². The molecule has 0 aliphatic heterocycles. The molecule has 2 unspecified atom stereocenters. The van der Waals surface area contributed by atoms with E-state index in [1.54, 1.807) is 6.26 Å². The summed E-state index contributed by atoms with van der Waals surface area (Å²) in [7, 11) is 0. The Hall–Kier alpha value is -0.970. The van der Waals surface area contributed by atoms with Gasteiger partial charge in [0.15, 0.2) is 0 Å². The van der Waals surface area contributed by atoms with Crippen molar-refractivity contribution in [2.24, 2.45) is 22.7 Å². The number of hydrogen-bond acceptors (Lipinski definition) is 2. The summed E-state index contributed by atoms with van der Waals surface area (Å²) in [5.74, 6) is 1.64. The van der Waals surface area contributed by atoms with E-state index >= 15 is 0 Å². The smallest absolute Gasteiger partial charge is 0.0878 e. The molecule has 4 fully saturated rings.